The maximum atomic E-state index is 12.4. The monoisotopic (exact) mass is 396 g/mol. The molecule has 1 atom stereocenters. The van der Waals surface area contributed by atoms with Crippen LogP contribution >= 0.6 is 0 Å². The first-order valence-electron chi connectivity index (χ1n) is 10.3. The first kappa shape index (κ1) is 18.4. The number of nitrogens with zero attached hydrogens (tertiary/aromatic N) is 2. The summed E-state index contributed by atoms with van der Waals surface area (Å²) in [7, 11) is 0. The molecule has 2 aromatic carbocycles. The van der Waals surface area contributed by atoms with Gasteiger partial charge in [0.1, 0.15) is 0 Å². The standard InChI is InChI=1S/C25H24N4O/c1-17-3-2-4-23-24(17)22(25(30)28-23)15-27-20-5-7-21(8-6-20)29-14-11-19(16-29)18-9-12-26-13-10-18/h2-10,12-13,15,19,27H,11,14,16H2,1H3,(H,28,30)/b22-15-. The molecule has 5 heteroatoms. The highest BCUT2D eigenvalue weighted by Gasteiger charge is 2.26. The van der Waals surface area contributed by atoms with Gasteiger partial charge in [0.05, 0.1) is 5.57 Å². The van der Waals surface area contributed by atoms with E-state index in [-0.39, 0.29) is 5.91 Å². The van der Waals surface area contributed by atoms with E-state index in [2.05, 4.69) is 56.9 Å². The molecule has 30 heavy (non-hydrogen) atoms. The summed E-state index contributed by atoms with van der Waals surface area (Å²) < 4.78 is 0. The van der Waals surface area contributed by atoms with Crippen LogP contribution in [0.3, 0.4) is 0 Å². The van der Waals surface area contributed by atoms with E-state index in [9.17, 15) is 4.79 Å². The molecule has 0 saturated carbocycles. The van der Waals surface area contributed by atoms with Crippen molar-refractivity contribution in [3.05, 3.63) is 89.9 Å². The molecule has 1 amide bonds. The molecule has 5 nitrogen and oxygen atoms in total. The molecule has 150 valence electrons. The largest absolute Gasteiger partial charge is 0.371 e. The maximum absolute atomic E-state index is 12.4. The predicted molar refractivity (Wildman–Crippen MR) is 122 cm³/mol. The lowest BCUT2D eigenvalue weighted by Crippen LogP contribution is -2.19. The molecule has 1 saturated heterocycles. The lowest BCUT2D eigenvalue weighted by molar-refractivity contribution is -0.110. The Labute approximate surface area is 176 Å². The molecule has 0 spiro atoms. The molecule has 2 N–H and O–H groups in total. The van der Waals surface area contributed by atoms with E-state index in [1.165, 1.54) is 11.3 Å². The van der Waals surface area contributed by atoms with Gasteiger partial charge < -0.3 is 15.5 Å². The number of nitrogens with one attached hydrogen (secondary N) is 2. The number of aromatic nitrogens is 1. The van der Waals surface area contributed by atoms with Crippen LogP contribution in [0.25, 0.3) is 5.57 Å². The van der Waals surface area contributed by atoms with Crippen molar-refractivity contribution in [2.75, 3.05) is 28.6 Å². The topological polar surface area (TPSA) is 57.3 Å². The highest BCUT2D eigenvalue weighted by molar-refractivity contribution is 6.32. The number of hydrogen-bond donors (Lipinski definition) is 2. The minimum absolute atomic E-state index is 0.0670. The highest BCUT2D eigenvalue weighted by atomic mass is 16.2. The summed E-state index contributed by atoms with van der Waals surface area (Å²) in [5.74, 6) is 0.488. The molecule has 3 heterocycles. The van der Waals surface area contributed by atoms with Crippen LogP contribution in [0.1, 0.15) is 29.0 Å². The molecule has 1 fully saturated rings. The molecule has 1 aromatic heterocycles. The molecule has 0 radical (unpaired) electrons. The fourth-order valence-electron chi connectivity index (χ4n) is 4.40. The number of pyridine rings is 1. The number of aryl methyl sites for hydroxylation is 1. The van der Waals surface area contributed by atoms with Crippen molar-refractivity contribution in [3.8, 4) is 0 Å². The van der Waals surface area contributed by atoms with E-state index in [4.69, 9.17) is 0 Å². The third-order valence-electron chi connectivity index (χ3n) is 6.02. The zero-order valence-electron chi connectivity index (χ0n) is 16.9. The van der Waals surface area contributed by atoms with E-state index in [1.54, 1.807) is 6.20 Å². The van der Waals surface area contributed by atoms with Crippen LogP contribution in [-0.4, -0.2) is 24.0 Å². The smallest absolute Gasteiger partial charge is 0.257 e. The van der Waals surface area contributed by atoms with Gasteiger partial charge >= 0.3 is 0 Å². The number of rotatable bonds is 4. The zero-order chi connectivity index (χ0) is 20.5. The maximum Gasteiger partial charge on any atom is 0.257 e. The Morgan fingerprint density at radius 3 is 2.70 bits per heavy atom. The van der Waals surface area contributed by atoms with Crippen LogP contribution in [0.4, 0.5) is 17.1 Å². The first-order valence-corrected chi connectivity index (χ1v) is 10.3. The van der Waals surface area contributed by atoms with E-state index in [1.807, 2.05) is 37.5 Å². The number of amides is 1. The van der Waals surface area contributed by atoms with Crippen molar-refractivity contribution in [2.24, 2.45) is 0 Å². The molecule has 0 bridgehead atoms. The number of fused-ring (bicyclic) bond motifs is 1. The summed E-state index contributed by atoms with van der Waals surface area (Å²) in [6.45, 7) is 4.11. The Hall–Kier alpha value is -3.60. The Morgan fingerprint density at radius 1 is 1.10 bits per heavy atom. The van der Waals surface area contributed by atoms with E-state index < -0.39 is 0 Å². The number of benzene rings is 2. The molecule has 1 unspecified atom stereocenters. The molecule has 2 aliphatic rings. The van der Waals surface area contributed by atoms with Gasteiger partial charge in [0.2, 0.25) is 0 Å². The van der Waals surface area contributed by atoms with Gasteiger partial charge in [-0.05, 0) is 66.9 Å². The average molecular weight is 396 g/mol. The van der Waals surface area contributed by atoms with Crippen molar-refractivity contribution in [1.82, 2.24) is 4.98 Å². The number of carbonyl (C=O) groups is 1. The van der Waals surface area contributed by atoms with Crippen LogP contribution in [0, 0.1) is 6.92 Å². The molecule has 5 rings (SSSR count). The van der Waals surface area contributed by atoms with Crippen molar-refractivity contribution in [1.29, 1.82) is 0 Å². The lowest BCUT2D eigenvalue weighted by Gasteiger charge is -2.19. The van der Waals surface area contributed by atoms with Gasteiger partial charge in [0, 0.05) is 60.2 Å². The number of hydrogen-bond acceptors (Lipinski definition) is 4. The van der Waals surface area contributed by atoms with Gasteiger partial charge in [-0.15, -0.1) is 0 Å². The van der Waals surface area contributed by atoms with Crippen LogP contribution in [-0.2, 0) is 4.79 Å². The van der Waals surface area contributed by atoms with Gasteiger partial charge in [0.25, 0.3) is 5.91 Å². The molecular formula is C25H24N4O. The van der Waals surface area contributed by atoms with Crippen LogP contribution in [0.2, 0.25) is 0 Å². The number of anilines is 3. The predicted octanol–water partition coefficient (Wildman–Crippen LogP) is 4.79. The molecule has 0 aliphatic carbocycles. The Morgan fingerprint density at radius 2 is 1.90 bits per heavy atom. The van der Waals surface area contributed by atoms with Crippen LogP contribution < -0.4 is 15.5 Å². The average Bonchev–Trinajstić information content (AvgIpc) is 3.39. The highest BCUT2D eigenvalue weighted by Crippen LogP contribution is 2.34. The van der Waals surface area contributed by atoms with Crippen molar-refractivity contribution < 1.29 is 4.79 Å². The third kappa shape index (κ3) is 3.43. The summed E-state index contributed by atoms with van der Waals surface area (Å²) in [6, 6.07) is 18.6. The van der Waals surface area contributed by atoms with Gasteiger partial charge in [-0.3, -0.25) is 9.78 Å². The van der Waals surface area contributed by atoms with Gasteiger partial charge in [-0.1, -0.05) is 12.1 Å². The van der Waals surface area contributed by atoms with E-state index in [0.29, 0.717) is 11.5 Å². The molecular weight excluding hydrogens is 372 g/mol. The fourth-order valence-corrected chi connectivity index (χ4v) is 4.40. The quantitative estimate of drug-likeness (QED) is 0.623. The normalized spacial score (nSPS) is 19.1. The van der Waals surface area contributed by atoms with Crippen LogP contribution in [0.5, 0.6) is 0 Å². The Balaban J connectivity index is 1.28. The van der Waals surface area contributed by atoms with Crippen molar-refractivity contribution in [2.45, 2.75) is 19.3 Å². The summed E-state index contributed by atoms with van der Waals surface area (Å²) in [5, 5.41) is 6.22. The Bertz CT molecular complexity index is 1110. The second-order valence-corrected chi connectivity index (χ2v) is 7.91. The lowest BCUT2D eigenvalue weighted by atomic mass is 10.00. The van der Waals surface area contributed by atoms with Gasteiger partial charge in [-0.25, -0.2) is 0 Å². The fraction of sp³-hybridized carbons (Fsp3) is 0.200. The summed E-state index contributed by atoms with van der Waals surface area (Å²) >= 11 is 0. The third-order valence-corrected chi connectivity index (χ3v) is 6.02. The van der Waals surface area contributed by atoms with Crippen molar-refractivity contribution in [3.63, 3.8) is 0 Å². The SMILES string of the molecule is Cc1cccc2c1/C(=C/Nc1ccc(N3CCC(c4ccncc4)C3)cc1)C(=O)N2. The minimum Gasteiger partial charge on any atom is -0.371 e. The summed E-state index contributed by atoms with van der Waals surface area (Å²) in [5.41, 5.74) is 7.17. The van der Waals surface area contributed by atoms with Crippen LogP contribution in [0.15, 0.2) is 73.2 Å². The molecule has 2 aliphatic heterocycles. The minimum atomic E-state index is -0.0670. The zero-order valence-corrected chi connectivity index (χ0v) is 16.9. The molecule has 3 aromatic rings. The van der Waals surface area contributed by atoms with E-state index in [0.717, 1.165) is 42.0 Å². The summed E-state index contributed by atoms with van der Waals surface area (Å²) in [4.78, 5) is 18.9. The van der Waals surface area contributed by atoms with E-state index >= 15 is 0 Å². The number of carbonyl (C=O) groups excluding carboxylic acids is 1. The Kier molecular flexibility index (Phi) is 4.71. The second-order valence-electron chi connectivity index (χ2n) is 7.91. The van der Waals surface area contributed by atoms with Crippen molar-refractivity contribution >= 4 is 28.5 Å². The first-order chi connectivity index (χ1) is 14.7. The van der Waals surface area contributed by atoms with Gasteiger partial charge in [0.15, 0.2) is 0 Å². The summed E-state index contributed by atoms with van der Waals surface area (Å²) in [6.07, 6.45) is 6.71. The second kappa shape index (κ2) is 7.67. The van der Waals surface area contributed by atoms with Gasteiger partial charge in [-0.2, -0.15) is 0 Å².